The summed E-state index contributed by atoms with van der Waals surface area (Å²) in [6, 6.07) is 5.69. The lowest BCUT2D eigenvalue weighted by molar-refractivity contribution is 0.102. The Morgan fingerprint density at radius 3 is 2.77 bits per heavy atom. The molecule has 0 spiro atoms. The van der Waals surface area contributed by atoms with Crippen LogP contribution in [-0.4, -0.2) is 16.0 Å². The fourth-order valence-electron chi connectivity index (χ4n) is 1.76. The van der Waals surface area contributed by atoms with Gasteiger partial charge in [-0.05, 0) is 11.4 Å². The number of aromatic nitrogens is 2. The van der Waals surface area contributed by atoms with Crippen LogP contribution in [0, 0.1) is 0 Å². The molecule has 0 bridgehead atoms. The third-order valence-corrected chi connectivity index (χ3v) is 4.84. The summed E-state index contributed by atoms with van der Waals surface area (Å²) in [7, 11) is 0. The van der Waals surface area contributed by atoms with Gasteiger partial charge < -0.3 is 9.84 Å². The van der Waals surface area contributed by atoms with Crippen molar-refractivity contribution in [3.8, 4) is 9.88 Å². The maximum absolute atomic E-state index is 12.2. The van der Waals surface area contributed by atoms with E-state index in [2.05, 4.69) is 15.5 Å². The van der Waals surface area contributed by atoms with Crippen LogP contribution in [0.15, 0.2) is 33.5 Å². The van der Waals surface area contributed by atoms with Crippen molar-refractivity contribution in [3.05, 3.63) is 40.4 Å². The fraction of sp³-hybridized carbons (Fsp3) is 0.267. The number of carbonyl (C=O) groups is 1. The lowest BCUT2D eigenvalue weighted by Gasteiger charge is -2.11. The molecular formula is C15H15N3O2S2. The van der Waals surface area contributed by atoms with E-state index >= 15 is 0 Å². The zero-order valence-corrected chi connectivity index (χ0v) is 14.0. The van der Waals surface area contributed by atoms with Crippen molar-refractivity contribution in [1.82, 2.24) is 10.1 Å². The molecule has 3 aromatic rings. The minimum atomic E-state index is -0.284. The summed E-state index contributed by atoms with van der Waals surface area (Å²) >= 11 is 3.05. The van der Waals surface area contributed by atoms with Crippen LogP contribution < -0.4 is 5.32 Å². The summed E-state index contributed by atoms with van der Waals surface area (Å²) in [5.74, 6) is 0.841. The van der Waals surface area contributed by atoms with Gasteiger partial charge in [-0.15, -0.1) is 22.7 Å². The molecule has 114 valence electrons. The lowest BCUT2D eigenvalue weighted by atomic mass is 9.93. The molecule has 1 amide bonds. The highest BCUT2D eigenvalue weighted by Gasteiger charge is 2.21. The van der Waals surface area contributed by atoms with Crippen LogP contribution in [0.2, 0.25) is 0 Å². The van der Waals surface area contributed by atoms with Crippen molar-refractivity contribution >= 4 is 34.4 Å². The maximum Gasteiger partial charge on any atom is 0.276 e. The predicted molar refractivity (Wildman–Crippen MR) is 88.6 cm³/mol. The topological polar surface area (TPSA) is 68.0 Å². The molecular weight excluding hydrogens is 318 g/mol. The van der Waals surface area contributed by atoms with Crippen LogP contribution in [0.4, 0.5) is 5.82 Å². The molecule has 0 saturated carbocycles. The van der Waals surface area contributed by atoms with E-state index in [1.54, 1.807) is 22.8 Å². The first-order valence-corrected chi connectivity index (χ1v) is 8.47. The van der Waals surface area contributed by atoms with Gasteiger partial charge in [0.1, 0.15) is 16.5 Å². The molecule has 0 aliphatic rings. The van der Waals surface area contributed by atoms with Gasteiger partial charge in [0.05, 0.1) is 4.88 Å². The molecule has 0 radical (unpaired) electrons. The quantitative estimate of drug-likeness (QED) is 0.771. The molecule has 0 unspecified atom stereocenters. The van der Waals surface area contributed by atoms with Crippen LogP contribution in [0.1, 0.15) is 37.0 Å². The van der Waals surface area contributed by atoms with Crippen LogP contribution in [0.25, 0.3) is 9.88 Å². The predicted octanol–water partition coefficient (Wildman–Crippen LogP) is 4.41. The summed E-state index contributed by atoms with van der Waals surface area (Å²) in [6.07, 6.45) is 0. The Kier molecular flexibility index (Phi) is 3.84. The van der Waals surface area contributed by atoms with Gasteiger partial charge in [0, 0.05) is 16.9 Å². The molecule has 0 saturated heterocycles. The van der Waals surface area contributed by atoms with Gasteiger partial charge in [-0.1, -0.05) is 32.0 Å². The summed E-state index contributed by atoms with van der Waals surface area (Å²) in [6.45, 7) is 6.06. The van der Waals surface area contributed by atoms with Gasteiger partial charge in [0.2, 0.25) is 0 Å². The molecule has 3 aromatic heterocycles. The first-order chi connectivity index (χ1) is 10.4. The van der Waals surface area contributed by atoms with E-state index in [1.807, 2.05) is 38.3 Å². The number of hydrogen-bond donors (Lipinski definition) is 1. The minimum absolute atomic E-state index is 0.150. The fourth-order valence-corrected chi connectivity index (χ4v) is 3.37. The smallest absolute Gasteiger partial charge is 0.276 e. The van der Waals surface area contributed by atoms with E-state index in [1.165, 1.54) is 11.3 Å². The average Bonchev–Trinajstić information content (AvgIpc) is 3.18. The lowest BCUT2D eigenvalue weighted by Crippen LogP contribution is -2.13. The Balaban J connectivity index is 1.74. The number of anilines is 1. The molecule has 0 aliphatic carbocycles. The summed E-state index contributed by atoms with van der Waals surface area (Å²) in [4.78, 5) is 17.6. The highest BCUT2D eigenvalue weighted by atomic mass is 32.1. The molecule has 0 fully saturated rings. The largest absolute Gasteiger partial charge is 0.359 e. The van der Waals surface area contributed by atoms with E-state index in [0.717, 1.165) is 15.6 Å². The highest BCUT2D eigenvalue weighted by Crippen LogP contribution is 2.28. The summed E-state index contributed by atoms with van der Waals surface area (Å²) in [5.41, 5.74) is 0.233. The van der Waals surface area contributed by atoms with Crippen LogP contribution in [-0.2, 0) is 5.41 Å². The Hall–Kier alpha value is -1.99. The molecule has 0 aliphatic heterocycles. The van der Waals surface area contributed by atoms with Crippen molar-refractivity contribution in [2.75, 3.05) is 5.32 Å². The Bertz CT molecular complexity index is 782. The normalized spacial score (nSPS) is 11.6. The van der Waals surface area contributed by atoms with Crippen LogP contribution >= 0.6 is 22.7 Å². The zero-order valence-electron chi connectivity index (χ0n) is 12.4. The third-order valence-electron chi connectivity index (χ3n) is 2.96. The Labute approximate surface area is 136 Å². The van der Waals surface area contributed by atoms with Crippen molar-refractivity contribution in [3.63, 3.8) is 0 Å². The van der Waals surface area contributed by atoms with E-state index in [-0.39, 0.29) is 11.3 Å². The number of rotatable bonds is 3. The highest BCUT2D eigenvalue weighted by molar-refractivity contribution is 7.20. The molecule has 1 N–H and O–H groups in total. The number of thiophene rings is 1. The summed E-state index contributed by atoms with van der Waals surface area (Å²) < 4.78 is 5.25. The van der Waals surface area contributed by atoms with Crippen LogP contribution in [0.5, 0.6) is 0 Å². The number of amides is 1. The SMILES string of the molecule is CC(C)(C)c1cc(NC(=O)c2csc(-c3cccs3)n2)no1. The zero-order chi connectivity index (χ0) is 15.7. The molecule has 0 aromatic carbocycles. The number of nitrogens with one attached hydrogen (secondary N) is 1. The maximum atomic E-state index is 12.2. The van der Waals surface area contributed by atoms with Gasteiger partial charge in [-0.25, -0.2) is 4.98 Å². The second-order valence-electron chi connectivity index (χ2n) is 5.80. The van der Waals surface area contributed by atoms with Crippen molar-refractivity contribution in [2.24, 2.45) is 0 Å². The molecule has 3 rings (SSSR count). The third kappa shape index (κ3) is 3.10. The summed E-state index contributed by atoms with van der Waals surface area (Å²) in [5, 5.41) is 11.2. The van der Waals surface area contributed by atoms with Crippen LogP contribution in [0.3, 0.4) is 0 Å². The van der Waals surface area contributed by atoms with Gasteiger partial charge >= 0.3 is 0 Å². The van der Waals surface area contributed by atoms with Gasteiger partial charge in [-0.3, -0.25) is 4.79 Å². The minimum Gasteiger partial charge on any atom is -0.359 e. The number of nitrogens with zero attached hydrogens (tertiary/aromatic N) is 2. The number of thiazole rings is 1. The average molecular weight is 333 g/mol. The molecule has 3 heterocycles. The van der Waals surface area contributed by atoms with Gasteiger partial charge in [-0.2, -0.15) is 0 Å². The second kappa shape index (κ2) is 5.66. The van der Waals surface area contributed by atoms with Crippen molar-refractivity contribution < 1.29 is 9.32 Å². The Morgan fingerprint density at radius 2 is 2.14 bits per heavy atom. The van der Waals surface area contributed by atoms with Gasteiger partial charge in [0.25, 0.3) is 5.91 Å². The second-order valence-corrected chi connectivity index (χ2v) is 7.60. The van der Waals surface area contributed by atoms with Crippen molar-refractivity contribution in [1.29, 1.82) is 0 Å². The first kappa shape index (κ1) is 14.9. The first-order valence-electron chi connectivity index (χ1n) is 6.71. The number of carbonyl (C=O) groups excluding carboxylic acids is 1. The standard InChI is InChI=1S/C15H15N3O2S2/c1-15(2,3)11-7-12(18-20-11)17-13(19)9-8-22-14(16-9)10-5-4-6-21-10/h4-8H,1-3H3,(H,17,18,19). The van der Waals surface area contributed by atoms with Crippen molar-refractivity contribution in [2.45, 2.75) is 26.2 Å². The molecule has 22 heavy (non-hydrogen) atoms. The van der Waals surface area contributed by atoms with E-state index in [9.17, 15) is 4.79 Å². The molecule has 7 heteroatoms. The Morgan fingerprint density at radius 1 is 1.32 bits per heavy atom. The van der Waals surface area contributed by atoms with E-state index in [4.69, 9.17) is 4.52 Å². The molecule has 5 nitrogen and oxygen atoms in total. The molecule has 0 atom stereocenters. The monoisotopic (exact) mass is 333 g/mol. The van der Waals surface area contributed by atoms with E-state index in [0.29, 0.717) is 11.5 Å². The van der Waals surface area contributed by atoms with E-state index < -0.39 is 0 Å². The van der Waals surface area contributed by atoms with Gasteiger partial charge in [0.15, 0.2) is 5.82 Å². The number of hydrogen-bond acceptors (Lipinski definition) is 6.